The maximum Gasteiger partial charge on any atom is 0.0641 e. The van der Waals surface area contributed by atoms with Gasteiger partial charge in [0, 0.05) is 32.9 Å². The number of para-hydroxylation sites is 2. The molecule has 2 heterocycles. The normalized spacial score (nSPS) is 11.6. The van der Waals surface area contributed by atoms with Crippen LogP contribution in [0.15, 0.2) is 194 Å². The van der Waals surface area contributed by atoms with Crippen LogP contribution in [0.25, 0.3) is 88.4 Å². The van der Waals surface area contributed by atoms with Gasteiger partial charge in [0.2, 0.25) is 0 Å². The maximum atomic E-state index is 2.46. The van der Waals surface area contributed by atoms with Crippen molar-refractivity contribution in [2.24, 2.45) is 0 Å². The third kappa shape index (κ3) is 4.50. The zero-order chi connectivity index (χ0) is 33.0. The average molecular weight is 637 g/mol. The van der Waals surface area contributed by atoms with E-state index in [0.29, 0.717) is 0 Å². The molecule has 0 amide bonds. The molecule has 0 unspecified atom stereocenters. The van der Waals surface area contributed by atoms with Crippen molar-refractivity contribution in [2.45, 2.75) is 0 Å². The Hall–Kier alpha value is -6.64. The van der Waals surface area contributed by atoms with Crippen molar-refractivity contribution in [2.75, 3.05) is 0 Å². The highest BCUT2D eigenvalue weighted by atomic mass is 15.0. The van der Waals surface area contributed by atoms with Gasteiger partial charge in [0.1, 0.15) is 0 Å². The van der Waals surface area contributed by atoms with E-state index in [1.54, 1.807) is 0 Å². The van der Waals surface area contributed by atoms with Crippen LogP contribution in [0.4, 0.5) is 0 Å². The van der Waals surface area contributed by atoms with Crippen LogP contribution in [0, 0.1) is 0 Å². The van der Waals surface area contributed by atoms with Crippen molar-refractivity contribution in [1.29, 1.82) is 0 Å². The maximum absolute atomic E-state index is 2.46. The van der Waals surface area contributed by atoms with E-state index in [4.69, 9.17) is 0 Å². The molecule has 0 aliphatic heterocycles. The fourth-order valence-electron chi connectivity index (χ4n) is 7.78. The Morgan fingerprint density at radius 2 is 0.640 bits per heavy atom. The van der Waals surface area contributed by atoms with Gasteiger partial charge in [-0.05, 0) is 75.8 Å². The van der Waals surface area contributed by atoms with Crippen LogP contribution in [-0.4, -0.2) is 9.13 Å². The lowest BCUT2D eigenvalue weighted by Crippen LogP contribution is -1.95. The van der Waals surface area contributed by atoms with Crippen LogP contribution in [0.2, 0.25) is 0 Å². The minimum atomic E-state index is 1.15. The first-order valence-electron chi connectivity index (χ1n) is 17.2. The number of rotatable bonds is 5. The van der Waals surface area contributed by atoms with E-state index in [9.17, 15) is 0 Å². The summed E-state index contributed by atoms with van der Waals surface area (Å²) in [5.41, 5.74) is 14.5. The molecule has 0 atom stereocenters. The largest absolute Gasteiger partial charge is 0.309 e. The van der Waals surface area contributed by atoms with E-state index in [1.165, 1.54) is 77.0 Å². The molecule has 0 aliphatic carbocycles. The summed E-state index contributed by atoms with van der Waals surface area (Å²) in [5, 5.41) is 5.04. The van der Waals surface area contributed by atoms with Crippen molar-refractivity contribution >= 4 is 43.6 Å². The van der Waals surface area contributed by atoms with Gasteiger partial charge in [0.15, 0.2) is 0 Å². The average Bonchev–Trinajstić information content (AvgIpc) is 3.72. The minimum Gasteiger partial charge on any atom is -0.309 e. The van der Waals surface area contributed by atoms with Crippen LogP contribution in [0.1, 0.15) is 0 Å². The van der Waals surface area contributed by atoms with E-state index < -0.39 is 0 Å². The Bertz CT molecular complexity index is 2800. The van der Waals surface area contributed by atoms with Crippen molar-refractivity contribution < 1.29 is 0 Å². The second-order valence-corrected chi connectivity index (χ2v) is 13.0. The SMILES string of the molecule is c1ccc(-c2ccc(-c3ccc(-n4c5ccccc5c5c4ccc4c6ccccc6n(-c6ccc(-c7ccccc7)cc6)c45)cc3)cc2)cc1. The molecule has 8 aromatic carbocycles. The highest BCUT2D eigenvalue weighted by Gasteiger charge is 2.20. The summed E-state index contributed by atoms with van der Waals surface area (Å²) in [4.78, 5) is 0. The van der Waals surface area contributed by atoms with Gasteiger partial charge >= 0.3 is 0 Å². The number of aromatic nitrogens is 2. The van der Waals surface area contributed by atoms with Crippen LogP contribution in [-0.2, 0) is 0 Å². The molecule has 0 aliphatic rings. The Morgan fingerprint density at radius 1 is 0.240 bits per heavy atom. The van der Waals surface area contributed by atoms with Crippen LogP contribution in [0.3, 0.4) is 0 Å². The highest BCUT2D eigenvalue weighted by molar-refractivity contribution is 6.26. The Morgan fingerprint density at radius 3 is 1.18 bits per heavy atom. The molecule has 10 rings (SSSR count). The van der Waals surface area contributed by atoms with Crippen molar-refractivity contribution in [3.05, 3.63) is 194 Å². The van der Waals surface area contributed by atoms with Crippen LogP contribution in [0.5, 0.6) is 0 Å². The summed E-state index contributed by atoms with van der Waals surface area (Å²) in [6.45, 7) is 0. The van der Waals surface area contributed by atoms with Gasteiger partial charge in [-0.2, -0.15) is 0 Å². The molecule has 0 saturated carbocycles. The molecule has 2 nitrogen and oxygen atoms in total. The predicted molar refractivity (Wildman–Crippen MR) is 211 cm³/mol. The lowest BCUT2D eigenvalue weighted by Gasteiger charge is -2.11. The smallest absolute Gasteiger partial charge is 0.0641 e. The zero-order valence-electron chi connectivity index (χ0n) is 27.4. The van der Waals surface area contributed by atoms with Crippen molar-refractivity contribution in [1.82, 2.24) is 9.13 Å². The van der Waals surface area contributed by atoms with Gasteiger partial charge in [-0.15, -0.1) is 0 Å². The highest BCUT2D eigenvalue weighted by Crippen LogP contribution is 2.42. The Kier molecular flexibility index (Phi) is 6.53. The van der Waals surface area contributed by atoms with Crippen molar-refractivity contribution in [3.63, 3.8) is 0 Å². The molecule has 0 radical (unpaired) electrons. The van der Waals surface area contributed by atoms with Gasteiger partial charge < -0.3 is 9.13 Å². The monoisotopic (exact) mass is 636 g/mol. The molecule has 234 valence electrons. The summed E-state index contributed by atoms with van der Waals surface area (Å²) in [6, 6.07) is 70.3. The Balaban J connectivity index is 1.14. The molecular formula is C48H32N2. The minimum absolute atomic E-state index is 1.15. The van der Waals surface area contributed by atoms with E-state index in [-0.39, 0.29) is 0 Å². The second kappa shape index (κ2) is 11.5. The molecule has 2 heteroatoms. The van der Waals surface area contributed by atoms with E-state index in [1.807, 2.05) is 0 Å². The van der Waals surface area contributed by atoms with E-state index in [0.717, 1.165) is 11.4 Å². The third-order valence-corrected chi connectivity index (χ3v) is 10.2. The first-order valence-corrected chi connectivity index (χ1v) is 17.2. The van der Waals surface area contributed by atoms with Gasteiger partial charge in [0.25, 0.3) is 0 Å². The molecule has 0 spiro atoms. The summed E-state index contributed by atoms with van der Waals surface area (Å²) in [6.07, 6.45) is 0. The fourth-order valence-corrected chi connectivity index (χ4v) is 7.78. The van der Waals surface area contributed by atoms with E-state index >= 15 is 0 Å². The molecule has 2 aromatic heterocycles. The number of nitrogens with zero attached hydrogens (tertiary/aromatic N) is 2. The summed E-state index contributed by atoms with van der Waals surface area (Å²) >= 11 is 0. The number of fused-ring (bicyclic) bond motifs is 7. The summed E-state index contributed by atoms with van der Waals surface area (Å²) < 4.78 is 4.88. The summed E-state index contributed by atoms with van der Waals surface area (Å²) in [7, 11) is 0. The number of hydrogen-bond donors (Lipinski definition) is 0. The van der Waals surface area contributed by atoms with Gasteiger partial charge in [-0.3, -0.25) is 0 Å². The fraction of sp³-hybridized carbons (Fsp3) is 0. The first-order chi connectivity index (χ1) is 24.8. The molecule has 50 heavy (non-hydrogen) atoms. The number of hydrogen-bond acceptors (Lipinski definition) is 0. The standard InChI is InChI=1S/C48H32N2/c1-3-11-33(12-4-1)35-19-21-36(22-20-35)38-23-27-39(28-24-38)49-45-18-10-8-16-43(45)47-46(49)32-31-42-41-15-7-9-17-44(41)50(48(42)47)40-29-25-37(26-30-40)34-13-5-2-6-14-34/h1-32H. The molecule has 0 bridgehead atoms. The topological polar surface area (TPSA) is 9.86 Å². The van der Waals surface area contributed by atoms with Crippen LogP contribution < -0.4 is 0 Å². The van der Waals surface area contributed by atoms with E-state index in [2.05, 4.69) is 203 Å². The molecule has 0 fully saturated rings. The lowest BCUT2D eigenvalue weighted by molar-refractivity contribution is 1.17. The first kappa shape index (κ1) is 28.4. The molecule has 0 N–H and O–H groups in total. The van der Waals surface area contributed by atoms with Crippen LogP contribution >= 0.6 is 0 Å². The second-order valence-electron chi connectivity index (χ2n) is 13.0. The molecule has 0 saturated heterocycles. The molecule has 10 aromatic rings. The van der Waals surface area contributed by atoms with Gasteiger partial charge in [0.05, 0.1) is 22.1 Å². The number of benzene rings is 8. The van der Waals surface area contributed by atoms with Gasteiger partial charge in [-0.1, -0.05) is 152 Å². The molecular weight excluding hydrogens is 605 g/mol. The van der Waals surface area contributed by atoms with Gasteiger partial charge in [-0.25, -0.2) is 0 Å². The quantitative estimate of drug-likeness (QED) is 0.178. The van der Waals surface area contributed by atoms with Crippen molar-refractivity contribution in [3.8, 4) is 44.8 Å². The zero-order valence-corrected chi connectivity index (χ0v) is 27.4. The summed E-state index contributed by atoms with van der Waals surface area (Å²) in [5.74, 6) is 0. The lowest BCUT2D eigenvalue weighted by atomic mass is 10.0. The third-order valence-electron chi connectivity index (χ3n) is 10.2. The predicted octanol–water partition coefficient (Wildman–Crippen LogP) is 12.9. The Labute approximate surface area is 290 Å².